The van der Waals surface area contributed by atoms with E-state index in [0.29, 0.717) is 11.8 Å². The molecule has 3 aliphatic carbocycles. The quantitative estimate of drug-likeness (QED) is 0.727. The summed E-state index contributed by atoms with van der Waals surface area (Å²) in [6, 6.07) is 0. The van der Waals surface area contributed by atoms with Crippen LogP contribution in [0.1, 0.15) is 120 Å². The number of imidazole rings is 1. The Kier molecular flexibility index (Phi) is 5.50. The Morgan fingerprint density at radius 2 is 1.48 bits per heavy atom. The molecule has 3 fully saturated rings. The molecule has 4 rings (SSSR count). The Labute approximate surface area is 153 Å². The van der Waals surface area contributed by atoms with Gasteiger partial charge in [-0.25, -0.2) is 4.98 Å². The van der Waals surface area contributed by atoms with Gasteiger partial charge >= 0.3 is 0 Å². The minimum absolute atomic E-state index is 0.0258. The molecule has 25 heavy (non-hydrogen) atoms. The lowest BCUT2D eigenvalue weighted by atomic mass is 9.65. The fourth-order valence-corrected chi connectivity index (χ4v) is 6.08. The van der Waals surface area contributed by atoms with Crippen LogP contribution in [0.5, 0.6) is 0 Å². The van der Waals surface area contributed by atoms with Gasteiger partial charge in [-0.15, -0.1) is 0 Å². The molecule has 3 N–H and O–H groups in total. The van der Waals surface area contributed by atoms with Crippen molar-refractivity contribution in [3.63, 3.8) is 0 Å². The zero-order valence-corrected chi connectivity index (χ0v) is 15.9. The summed E-state index contributed by atoms with van der Waals surface area (Å²) in [5.74, 6) is 3.13. The van der Waals surface area contributed by atoms with Crippen molar-refractivity contribution in [1.82, 2.24) is 9.97 Å². The number of hydrogen-bond acceptors (Lipinski definition) is 2. The molecule has 0 unspecified atom stereocenters. The predicted octanol–water partition coefficient (Wildman–Crippen LogP) is 5.78. The minimum atomic E-state index is -0.0258. The molecule has 1 aromatic heterocycles. The highest BCUT2D eigenvalue weighted by molar-refractivity contribution is 5.17. The van der Waals surface area contributed by atoms with Gasteiger partial charge in [0.05, 0.1) is 0 Å². The molecule has 140 valence electrons. The zero-order chi connectivity index (χ0) is 17.1. The lowest BCUT2D eigenvalue weighted by Gasteiger charge is -2.44. The van der Waals surface area contributed by atoms with Crippen molar-refractivity contribution in [1.29, 1.82) is 0 Å². The third-order valence-electron chi connectivity index (χ3n) is 7.48. The highest BCUT2D eigenvalue weighted by Crippen LogP contribution is 2.46. The molecule has 3 heteroatoms. The molecule has 0 bridgehead atoms. The molecule has 3 aliphatic rings. The molecular formula is C22H37N3. The average molecular weight is 344 g/mol. The maximum Gasteiger partial charge on any atom is 0.111 e. The van der Waals surface area contributed by atoms with E-state index in [0.717, 1.165) is 5.92 Å². The van der Waals surface area contributed by atoms with Gasteiger partial charge in [0, 0.05) is 29.3 Å². The standard InChI is InChI=1S/C22H37N3/c23-22(14-8-3-9-15-22)20(18-12-6-2-7-13-18)21-24-16-19(25-21)17-10-4-1-5-11-17/h16-18,20H,1-15,23H2,(H,24,25)/t20-/m1/s1. The van der Waals surface area contributed by atoms with Gasteiger partial charge in [-0.05, 0) is 44.4 Å². The van der Waals surface area contributed by atoms with Crippen LogP contribution in [0.2, 0.25) is 0 Å². The maximum atomic E-state index is 7.09. The van der Waals surface area contributed by atoms with Crippen LogP contribution in [0.3, 0.4) is 0 Å². The minimum Gasteiger partial charge on any atom is -0.345 e. The summed E-state index contributed by atoms with van der Waals surface area (Å²) in [4.78, 5) is 8.76. The Bertz CT molecular complexity index is 531. The van der Waals surface area contributed by atoms with Crippen molar-refractivity contribution in [3.8, 4) is 0 Å². The molecule has 0 radical (unpaired) electrons. The first-order valence-electron chi connectivity index (χ1n) is 11.1. The number of rotatable bonds is 4. The van der Waals surface area contributed by atoms with Crippen LogP contribution in [0, 0.1) is 5.92 Å². The maximum absolute atomic E-state index is 7.09. The van der Waals surface area contributed by atoms with Gasteiger partial charge in [0.1, 0.15) is 5.82 Å². The molecular weight excluding hydrogens is 306 g/mol. The Balaban J connectivity index is 1.59. The summed E-state index contributed by atoms with van der Waals surface area (Å²) in [7, 11) is 0. The number of aromatic amines is 1. The van der Waals surface area contributed by atoms with E-state index in [1.54, 1.807) is 0 Å². The molecule has 1 aromatic rings. The lowest BCUT2D eigenvalue weighted by Crippen LogP contribution is -2.50. The number of nitrogens with zero attached hydrogens (tertiary/aromatic N) is 1. The van der Waals surface area contributed by atoms with E-state index in [-0.39, 0.29) is 5.54 Å². The Morgan fingerprint density at radius 1 is 0.880 bits per heavy atom. The van der Waals surface area contributed by atoms with Crippen LogP contribution in [-0.4, -0.2) is 15.5 Å². The lowest BCUT2D eigenvalue weighted by molar-refractivity contribution is 0.162. The average Bonchev–Trinajstić information content (AvgIpc) is 3.13. The molecule has 3 saturated carbocycles. The first-order valence-corrected chi connectivity index (χ1v) is 11.1. The number of nitrogens with two attached hydrogens (primary N) is 1. The van der Waals surface area contributed by atoms with Crippen LogP contribution in [-0.2, 0) is 0 Å². The highest BCUT2D eigenvalue weighted by Gasteiger charge is 2.43. The fourth-order valence-electron chi connectivity index (χ4n) is 6.08. The normalized spacial score (nSPS) is 27.2. The van der Waals surface area contributed by atoms with Gasteiger partial charge in [0.25, 0.3) is 0 Å². The zero-order valence-electron chi connectivity index (χ0n) is 15.9. The predicted molar refractivity (Wildman–Crippen MR) is 104 cm³/mol. The first-order chi connectivity index (χ1) is 12.3. The SMILES string of the molecule is NC1([C@@H](c2ncc(C3CCCCC3)[nH]2)C2CCCCC2)CCCCC1. The van der Waals surface area contributed by atoms with Gasteiger partial charge < -0.3 is 10.7 Å². The smallest absolute Gasteiger partial charge is 0.111 e. The first kappa shape index (κ1) is 17.6. The van der Waals surface area contributed by atoms with Gasteiger partial charge in [-0.3, -0.25) is 0 Å². The van der Waals surface area contributed by atoms with Crippen molar-refractivity contribution in [2.45, 2.75) is 114 Å². The molecule has 3 nitrogen and oxygen atoms in total. The van der Waals surface area contributed by atoms with Crippen LogP contribution in [0.15, 0.2) is 6.20 Å². The fraction of sp³-hybridized carbons (Fsp3) is 0.864. The molecule has 0 aromatic carbocycles. The van der Waals surface area contributed by atoms with Crippen LogP contribution in [0.4, 0.5) is 0 Å². The molecule has 0 aliphatic heterocycles. The monoisotopic (exact) mass is 343 g/mol. The second-order valence-electron chi connectivity index (χ2n) is 9.23. The van der Waals surface area contributed by atoms with E-state index in [1.165, 1.54) is 108 Å². The van der Waals surface area contributed by atoms with E-state index in [1.807, 2.05) is 0 Å². The van der Waals surface area contributed by atoms with Crippen molar-refractivity contribution < 1.29 is 0 Å². The number of hydrogen-bond donors (Lipinski definition) is 2. The van der Waals surface area contributed by atoms with Crippen LogP contribution < -0.4 is 5.73 Å². The van der Waals surface area contributed by atoms with E-state index < -0.39 is 0 Å². The summed E-state index contributed by atoms with van der Waals surface area (Å²) < 4.78 is 0. The van der Waals surface area contributed by atoms with Crippen LogP contribution in [0.25, 0.3) is 0 Å². The van der Waals surface area contributed by atoms with Gasteiger partial charge in [0.15, 0.2) is 0 Å². The molecule has 0 amide bonds. The number of aromatic nitrogens is 2. The summed E-state index contributed by atoms with van der Waals surface area (Å²) >= 11 is 0. The van der Waals surface area contributed by atoms with E-state index in [9.17, 15) is 0 Å². The van der Waals surface area contributed by atoms with E-state index in [4.69, 9.17) is 10.7 Å². The Morgan fingerprint density at radius 3 is 2.16 bits per heavy atom. The van der Waals surface area contributed by atoms with Crippen molar-refractivity contribution in [3.05, 3.63) is 17.7 Å². The summed E-state index contributed by atoms with van der Waals surface area (Å²) in [6.07, 6.45) is 22.2. The molecule has 0 spiro atoms. The third kappa shape index (κ3) is 3.82. The highest BCUT2D eigenvalue weighted by atomic mass is 15.0. The molecule has 1 atom stereocenters. The second kappa shape index (κ2) is 7.82. The third-order valence-corrected chi connectivity index (χ3v) is 7.48. The Hall–Kier alpha value is -0.830. The van der Waals surface area contributed by atoms with Gasteiger partial charge in [-0.1, -0.05) is 57.8 Å². The van der Waals surface area contributed by atoms with E-state index >= 15 is 0 Å². The number of nitrogens with one attached hydrogen (secondary N) is 1. The number of H-pyrrole nitrogens is 1. The molecule has 1 heterocycles. The van der Waals surface area contributed by atoms with Crippen molar-refractivity contribution in [2.24, 2.45) is 11.7 Å². The van der Waals surface area contributed by atoms with Crippen LogP contribution >= 0.6 is 0 Å². The summed E-state index contributed by atoms with van der Waals surface area (Å²) in [5.41, 5.74) is 8.47. The topological polar surface area (TPSA) is 54.7 Å². The molecule has 0 saturated heterocycles. The summed E-state index contributed by atoms with van der Waals surface area (Å²) in [5, 5.41) is 0. The van der Waals surface area contributed by atoms with Gasteiger partial charge in [-0.2, -0.15) is 0 Å². The second-order valence-corrected chi connectivity index (χ2v) is 9.23. The largest absolute Gasteiger partial charge is 0.345 e. The van der Waals surface area contributed by atoms with Gasteiger partial charge in [0.2, 0.25) is 0 Å². The van der Waals surface area contributed by atoms with Crippen molar-refractivity contribution >= 4 is 0 Å². The summed E-state index contributed by atoms with van der Waals surface area (Å²) in [6.45, 7) is 0. The van der Waals surface area contributed by atoms with E-state index in [2.05, 4.69) is 11.2 Å². The van der Waals surface area contributed by atoms with Crippen molar-refractivity contribution in [2.75, 3.05) is 0 Å².